The fourth-order valence-corrected chi connectivity index (χ4v) is 4.57. The average molecular weight is 731 g/mol. The predicted molar refractivity (Wildman–Crippen MR) is 208 cm³/mol. The van der Waals surface area contributed by atoms with E-state index in [4.69, 9.17) is 19.3 Å². The van der Waals surface area contributed by atoms with Crippen LogP contribution in [-0.2, 0) is 28.2 Å². The van der Waals surface area contributed by atoms with Gasteiger partial charge < -0.3 is 24.4 Å². The van der Waals surface area contributed by atoms with Gasteiger partial charge in [-0.15, -0.1) is 0 Å². The van der Waals surface area contributed by atoms with Crippen LogP contribution in [0.2, 0.25) is 0 Å². The zero-order valence-corrected chi connectivity index (χ0v) is 31.7. The van der Waals surface area contributed by atoms with Crippen molar-refractivity contribution in [2.75, 3.05) is 13.2 Å². The number of ether oxygens (including phenoxy) is 2. The van der Waals surface area contributed by atoms with Gasteiger partial charge in [0.1, 0.15) is 6.61 Å². The van der Waals surface area contributed by atoms with Gasteiger partial charge >= 0.3 is 19.8 Å². The van der Waals surface area contributed by atoms with Crippen molar-refractivity contribution in [1.29, 1.82) is 0 Å². The van der Waals surface area contributed by atoms with Gasteiger partial charge in [0, 0.05) is 12.8 Å². The number of carbonyl (C=O) groups is 2. The lowest BCUT2D eigenvalue weighted by atomic mass is 10.1. The summed E-state index contributed by atoms with van der Waals surface area (Å²) in [5, 5.41) is 10.2. The third-order valence-corrected chi connectivity index (χ3v) is 7.38. The molecule has 0 aliphatic rings. The zero-order valence-electron chi connectivity index (χ0n) is 30.8. The molecule has 286 valence electrons. The van der Waals surface area contributed by atoms with Crippen LogP contribution < -0.4 is 0 Å². The first-order valence-corrected chi connectivity index (χ1v) is 19.8. The summed E-state index contributed by atoms with van der Waals surface area (Å²) < 4.78 is 26.1. The highest BCUT2D eigenvalue weighted by Gasteiger charge is 2.23. The minimum atomic E-state index is -4.82. The molecule has 0 saturated heterocycles. The maximum Gasteiger partial charge on any atom is 0.469 e. The van der Waals surface area contributed by atoms with Gasteiger partial charge in [0.2, 0.25) is 0 Å². The molecule has 51 heavy (non-hydrogen) atoms. The third-order valence-electron chi connectivity index (χ3n) is 6.89. The zero-order chi connectivity index (χ0) is 37.7. The number of aliphatic hydroxyl groups is 1. The molecule has 0 bridgehead atoms. The summed E-state index contributed by atoms with van der Waals surface area (Å²) in [7, 11) is -4.82. The second-order valence-corrected chi connectivity index (χ2v) is 12.9. The van der Waals surface area contributed by atoms with E-state index in [1.807, 2.05) is 12.2 Å². The summed E-state index contributed by atoms with van der Waals surface area (Å²) >= 11 is 0. The summed E-state index contributed by atoms with van der Waals surface area (Å²) in [6, 6.07) is 0. The number of phosphoric acid groups is 1. The van der Waals surface area contributed by atoms with Crippen molar-refractivity contribution in [2.24, 2.45) is 0 Å². The van der Waals surface area contributed by atoms with E-state index < -0.39 is 45.2 Å². The molecule has 0 saturated carbocycles. The Morgan fingerprint density at radius 2 is 1.10 bits per heavy atom. The maximum atomic E-state index is 12.3. The van der Waals surface area contributed by atoms with Crippen LogP contribution in [0.4, 0.5) is 0 Å². The fourth-order valence-electron chi connectivity index (χ4n) is 4.21. The molecule has 0 aliphatic heterocycles. The lowest BCUT2D eigenvalue weighted by molar-refractivity contribution is -0.161. The van der Waals surface area contributed by atoms with Gasteiger partial charge in [-0.1, -0.05) is 123 Å². The Morgan fingerprint density at radius 3 is 1.63 bits per heavy atom. The molecule has 0 aromatic rings. The second kappa shape index (κ2) is 35.1. The van der Waals surface area contributed by atoms with E-state index in [9.17, 15) is 19.3 Å². The maximum absolute atomic E-state index is 12.3. The first-order chi connectivity index (χ1) is 24.7. The highest BCUT2D eigenvalue weighted by Crippen LogP contribution is 2.35. The van der Waals surface area contributed by atoms with E-state index in [1.165, 1.54) is 0 Å². The first-order valence-electron chi connectivity index (χ1n) is 18.3. The number of hydrogen-bond acceptors (Lipinski definition) is 7. The molecule has 0 amide bonds. The summed E-state index contributed by atoms with van der Waals surface area (Å²) in [5.41, 5.74) is 0. The van der Waals surface area contributed by atoms with Gasteiger partial charge in [0.15, 0.2) is 6.10 Å². The van der Waals surface area contributed by atoms with Crippen LogP contribution in [0.3, 0.4) is 0 Å². The largest absolute Gasteiger partial charge is 0.469 e. The van der Waals surface area contributed by atoms with Crippen LogP contribution in [0, 0.1) is 0 Å². The molecule has 0 radical (unpaired) electrons. The van der Waals surface area contributed by atoms with Crippen LogP contribution >= 0.6 is 7.82 Å². The van der Waals surface area contributed by atoms with E-state index in [-0.39, 0.29) is 12.8 Å². The summed E-state index contributed by atoms with van der Waals surface area (Å²) in [5.74, 6) is -1.15. The second-order valence-electron chi connectivity index (χ2n) is 11.6. The summed E-state index contributed by atoms with van der Waals surface area (Å²) in [4.78, 5) is 42.7. The van der Waals surface area contributed by atoms with E-state index in [0.29, 0.717) is 19.3 Å². The Kier molecular flexibility index (Phi) is 32.8. The van der Waals surface area contributed by atoms with E-state index in [1.54, 1.807) is 12.2 Å². The normalized spacial score (nSPS) is 14.4. The molecule has 9 nitrogen and oxygen atoms in total. The summed E-state index contributed by atoms with van der Waals surface area (Å²) in [6.07, 6.45) is 45.6. The molecule has 1 unspecified atom stereocenters. The van der Waals surface area contributed by atoms with Crippen LogP contribution in [0.25, 0.3) is 0 Å². The molecule has 0 fully saturated rings. The molecular formula is C41H63O9P. The Hall–Kier alpha value is -3.33. The minimum absolute atomic E-state index is 0.0200. The van der Waals surface area contributed by atoms with Gasteiger partial charge in [0.25, 0.3) is 0 Å². The SMILES string of the molecule is CC/C=C\C/C=C\C/C=C\C/C=C\C=C\C(O)CCCC(=O)OC[C@H](COP(=O)(O)O)OC(=O)CCCC/C=C\C/C=C\C/C=C\C/C=C\CC. The topological polar surface area (TPSA) is 140 Å². The summed E-state index contributed by atoms with van der Waals surface area (Å²) in [6.45, 7) is 3.21. The number of phosphoric ester groups is 1. The smallest absolute Gasteiger partial charge is 0.462 e. The Bertz CT molecular complexity index is 1200. The van der Waals surface area contributed by atoms with Crippen LogP contribution in [0.15, 0.2) is 109 Å². The minimum Gasteiger partial charge on any atom is -0.462 e. The Morgan fingerprint density at radius 1 is 0.608 bits per heavy atom. The third kappa shape index (κ3) is 37.7. The molecule has 0 aromatic carbocycles. The fraction of sp³-hybridized carbons (Fsp3) is 0.512. The number of rotatable bonds is 31. The van der Waals surface area contributed by atoms with Gasteiger partial charge in [0.05, 0.1) is 12.7 Å². The first kappa shape index (κ1) is 47.7. The van der Waals surface area contributed by atoms with Gasteiger partial charge in [-0.25, -0.2) is 4.57 Å². The van der Waals surface area contributed by atoms with E-state index >= 15 is 0 Å². The Balaban J connectivity index is 4.30. The molecule has 0 aromatic heterocycles. The standard InChI is InChI=1S/C41H63O9P/c1-3-5-7-9-11-13-15-17-18-20-22-24-26-28-30-34-41(44)50-39(37-49-51(45,46)47)36-48-40(43)35-31-33-38(42)32-29-27-25-23-21-19-16-14-12-10-8-6-4-2/h5-8,11-14,17-19,21-22,24-25,27,29,32,38-39,42H,3-4,9-10,15-16,20,23,26,28,30-31,33-37H2,1-2H3,(H2,45,46,47)/b7-5-,8-6-,13-11-,14-12-,18-17-,21-19-,24-22-,27-25-,32-29+/t38?,39-/m1/s1. The number of hydrogen-bond donors (Lipinski definition) is 3. The van der Waals surface area contributed by atoms with Crippen molar-refractivity contribution in [3.8, 4) is 0 Å². The number of aliphatic hydroxyl groups excluding tert-OH is 1. The van der Waals surface area contributed by atoms with Crippen LogP contribution in [-0.4, -0.2) is 52.3 Å². The van der Waals surface area contributed by atoms with E-state index in [2.05, 4.69) is 103 Å². The molecule has 10 heteroatoms. The lowest BCUT2D eigenvalue weighted by Crippen LogP contribution is -2.29. The van der Waals surface area contributed by atoms with Crippen molar-refractivity contribution < 1.29 is 43.0 Å². The van der Waals surface area contributed by atoms with E-state index in [0.717, 1.165) is 64.2 Å². The highest BCUT2D eigenvalue weighted by molar-refractivity contribution is 7.46. The number of carbonyl (C=O) groups excluding carboxylic acids is 2. The molecule has 0 spiro atoms. The van der Waals surface area contributed by atoms with Crippen molar-refractivity contribution in [2.45, 2.75) is 122 Å². The van der Waals surface area contributed by atoms with Crippen molar-refractivity contribution in [3.05, 3.63) is 109 Å². The van der Waals surface area contributed by atoms with Crippen molar-refractivity contribution in [3.63, 3.8) is 0 Å². The highest BCUT2D eigenvalue weighted by atomic mass is 31.2. The van der Waals surface area contributed by atoms with Crippen LogP contribution in [0.5, 0.6) is 0 Å². The molecule has 0 heterocycles. The number of esters is 2. The monoisotopic (exact) mass is 730 g/mol. The number of unbranched alkanes of at least 4 members (excludes halogenated alkanes) is 2. The predicted octanol–water partition coefficient (Wildman–Crippen LogP) is 9.81. The molecule has 3 N–H and O–H groups in total. The average Bonchev–Trinajstić information content (AvgIpc) is 3.09. The van der Waals surface area contributed by atoms with Crippen molar-refractivity contribution in [1.82, 2.24) is 0 Å². The molecular weight excluding hydrogens is 667 g/mol. The number of allylic oxidation sites excluding steroid dienone is 17. The molecule has 0 aliphatic carbocycles. The van der Waals surface area contributed by atoms with Gasteiger partial charge in [-0.3, -0.25) is 14.1 Å². The Labute approximate surface area is 307 Å². The van der Waals surface area contributed by atoms with Gasteiger partial charge in [-0.2, -0.15) is 0 Å². The quantitative estimate of drug-likeness (QED) is 0.0209. The lowest BCUT2D eigenvalue weighted by Gasteiger charge is -2.18. The molecule has 0 rings (SSSR count). The van der Waals surface area contributed by atoms with Gasteiger partial charge in [-0.05, 0) is 83.5 Å². The van der Waals surface area contributed by atoms with Crippen LogP contribution in [0.1, 0.15) is 110 Å². The van der Waals surface area contributed by atoms with Crippen molar-refractivity contribution >= 4 is 19.8 Å². The molecule has 2 atom stereocenters.